The van der Waals surface area contributed by atoms with Crippen LogP contribution in [0.15, 0.2) is 18.2 Å². The average Bonchev–Trinajstić information content (AvgIpc) is 3.13. The fourth-order valence-corrected chi connectivity index (χ4v) is 1.76. The van der Waals surface area contributed by atoms with Gasteiger partial charge in [0.05, 0.1) is 6.61 Å². The van der Waals surface area contributed by atoms with E-state index >= 15 is 0 Å². The zero-order valence-electron chi connectivity index (χ0n) is 10.6. The molecule has 2 N–H and O–H groups in total. The Kier molecular flexibility index (Phi) is 4.02. The smallest absolute Gasteiger partial charge is 0.124 e. The van der Waals surface area contributed by atoms with E-state index in [4.69, 9.17) is 9.84 Å². The predicted octanol–water partition coefficient (Wildman–Crippen LogP) is 2.01. The molecule has 3 nitrogen and oxygen atoms in total. The second-order valence-electron chi connectivity index (χ2n) is 4.88. The molecule has 0 bridgehead atoms. The molecule has 2 rings (SSSR count). The van der Waals surface area contributed by atoms with Crippen LogP contribution in [0.5, 0.6) is 5.75 Å². The average molecular weight is 235 g/mol. The third kappa shape index (κ3) is 3.72. The summed E-state index contributed by atoms with van der Waals surface area (Å²) in [5.74, 6) is 0.880. The van der Waals surface area contributed by atoms with E-state index in [1.165, 1.54) is 24.0 Å². The van der Waals surface area contributed by atoms with Crippen molar-refractivity contribution in [3.63, 3.8) is 0 Å². The van der Waals surface area contributed by atoms with Gasteiger partial charge in [-0.1, -0.05) is 17.7 Å². The monoisotopic (exact) mass is 235 g/mol. The number of aryl methyl sites for hydroxylation is 1. The number of hydrogen-bond donors (Lipinski definition) is 2. The Hall–Kier alpha value is -1.06. The van der Waals surface area contributed by atoms with E-state index in [2.05, 4.69) is 18.3 Å². The number of nitrogens with one attached hydrogen (secondary N) is 1. The molecule has 1 aliphatic rings. The zero-order chi connectivity index (χ0) is 12.3. The molecule has 1 aliphatic carbocycles. The Morgan fingerprint density at radius 3 is 2.88 bits per heavy atom. The minimum Gasteiger partial charge on any atom is -0.488 e. The van der Waals surface area contributed by atoms with Gasteiger partial charge in [-0.15, -0.1) is 0 Å². The standard InChI is InChI=1S/C14H21NO2/c1-10-3-6-14(17-11(2)9-16)12(7-10)8-15-13-4-5-13/h3,6-7,11,13,15-16H,4-5,8-9H2,1-2H3. The number of ether oxygens (including phenoxy) is 1. The van der Waals surface area contributed by atoms with Crippen LogP contribution in [0, 0.1) is 6.92 Å². The lowest BCUT2D eigenvalue weighted by molar-refractivity contribution is 0.128. The topological polar surface area (TPSA) is 41.5 Å². The van der Waals surface area contributed by atoms with Gasteiger partial charge in [0.2, 0.25) is 0 Å². The molecule has 0 saturated heterocycles. The summed E-state index contributed by atoms with van der Waals surface area (Å²) in [5.41, 5.74) is 2.42. The van der Waals surface area contributed by atoms with E-state index in [0.717, 1.165) is 12.3 Å². The van der Waals surface area contributed by atoms with Crippen LogP contribution >= 0.6 is 0 Å². The quantitative estimate of drug-likeness (QED) is 0.792. The minimum atomic E-state index is -0.155. The highest BCUT2D eigenvalue weighted by Crippen LogP contribution is 2.24. The Labute approximate surface area is 103 Å². The van der Waals surface area contributed by atoms with Crippen LogP contribution in [0.4, 0.5) is 0 Å². The molecule has 3 heteroatoms. The summed E-state index contributed by atoms with van der Waals surface area (Å²) >= 11 is 0. The molecular formula is C14H21NO2. The summed E-state index contributed by atoms with van der Waals surface area (Å²) in [6, 6.07) is 6.87. The van der Waals surface area contributed by atoms with Crippen molar-refractivity contribution in [3.8, 4) is 5.75 Å². The summed E-state index contributed by atoms with van der Waals surface area (Å²) < 4.78 is 5.71. The van der Waals surface area contributed by atoms with Crippen molar-refractivity contribution in [2.75, 3.05) is 6.61 Å². The molecule has 1 saturated carbocycles. The highest BCUT2D eigenvalue weighted by Gasteiger charge is 2.20. The van der Waals surface area contributed by atoms with Crippen molar-refractivity contribution in [1.29, 1.82) is 0 Å². The van der Waals surface area contributed by atoms with Crippen LogP contribution in [-0.2, 0) is 6.54 Å². The van der Waals surface area contributed by atoms with Crippen LogP contribution in [0.2, 0.25) is 0 Å². The lowest BCUT2D eigenvalue weighted by atomic mass is 10.1. The van der Waals surface area contributed by atoms with Gasteiger partial charge in [-0.05, 0) is 32.8 Å². The molecule has 1 atom stereocenters. The van der Waals surface area contributed by atoms with E-state index in [-0.39, 0.29) is 12.7 Å². The van der Waals surface area contributed by atoms with Crippen LogP contribution < -0.4 is 10.1 Å². The number of aliphatic hydroxyl groups is 1. The summed E-state index contributed by atoms with van der Waals surface area (Å²) in [4.78, 5) is 0. The van der Waals surface area contributed by atoms with Gasteiger partial charge in [-0.25, -0.2) is 0 Å². The van der Waals surface area contributed by atoms with Crippen molar-refractivity contribution in [2.24, 2.45) is 0 Å². The Bertz CT molecular complexity index is 374. The number of rotatable bonds is 6. The fraction of sp³-hybridized carbons (Fsp3) is 0.571. The van der Waals surface area contributed by atoms with Crippen LogP contribution in [0.1, 0.15) is 30.9 Å². The maximum absolute atomic E-state index is 9.03. The van der Waals surface area contributed by atoms with Crippen molar-refractivity contribution in [1.82, 2.24) is 5.32 Å². The molecule has 1 fully saturated rings. The van der Waals surface area contributed by atoms with Gasteiger partial charge in [-0.2, -0.15) is 0 Å². The summed E-state index contributed by atoms with van der Waals surface area (Å²) in [5, 5.41) is 12.5. The van der Waals surface area contributed by atoms with E-state index in [0.29, 0.717) is 6.04 Å². The highest BCUT2D eigenvalue weighted by molar-refractivity contribution is 5.37. The number of aliphatic hydroxyl groups excluding tert-OH is 1. The Morgan fingerprint density at radius 2 is 2.24 bits per heavy atom. The van der Waals surface area contributed by atoms with Gasteiger partial charge in [-0.3, -0.25) is 0 Å². The summed E-state index contributed by atoms with van der Waals surface area (Å²) in [6.07, 6.45) is 2.42. The third-order valence-corrected chi connectivity index (χ3v) is 2.96. The first kappa shape index (κ1) is 12.4. The molecule has 0 aliphatic heterocycles. The van der Waals surface area contributed by atoms with Gasteiger partial charge in [0.1, 0.15) is 11.9 Å². The molecular weight excluding hydrogens is 214 g/mol. The van der Waals surface area contributed by atoms with Crippen molar-refractivity contribution in [3.05, 3.63) is 29.3 Å². The fourth-order valence-electron chi connectivity index (χ4n) is 1.76. The normalized spacial score (nSPS) is 16.9. The van der Waals surface area contributed by atoms with E-state index < -0.39 is 0 Å². The molecule has 1 aromatic carbocycles. The molecule has 0 amide bonds. The lowest BCUT2D eigenvalue weighted by Crippen LogP contribution is -2.20. The summed E-state index contributed by atoms with van der Waals surface area (Å²) in [7, 11) is 0. The lowest BCUT2D eigenvalue weighted by Gasteiger charge is -2.16. The SMILES string of the molecule is Cc1ccc(OC(C)CO)c(CNC2CC2)c1. The molecule has 0 spiro atoms. The molecule has 1 unspecified atom stereocenters. The molecule has 1 aromatic rings. The van der Waals surface area contributed by atoms with Crippen LogP contribution in [-0.4, -0.2) is 23.9 Å². The van der Waals surface area contributed by atoms with E-state index in [9.17, 15) is 0 Å². The summed E-state index contributed by atoms with van der Waals surface area (Å²) in [6.45, 7) is 4.85. The van der Waals surface area contributed by atoms with Crippen molar-refractivity contribution < 1.29 is 9.84 Å². The molecule has 94 valence electrons. The highest BCUT2D eigenvalue weighted by atomic mass is 16.5. The van der Waals surface area contributed by atoms with Gasteiger partial charge in [0.25, 0.3) is 0 Å². The second-order valence-corrected chi connectivity index (χ2v) is 4.88. The molecule has 0 radical (unpaired) electrons. The van der Waals surface area contributed by atoms with E-state index in [1.54, 1.807) is 0 Å². The zero-order valence-corrected chi connectivity index (χ0v) is 10.6. The van der Waals surface area contributed by atoms with Crippen molar-refractivity contribution >= 4 is 0 Å². The van der Waals surface area contributed by atoms with Gasteiger partial charge < -0.3 is 15.2 Å². The van der Waals surface area contributed by atoms with Gasteiger partial charge >= 0.3 is 0 Å². The van der Waals surface area contributed by atoms with Crippen molar-refractivity contribution in [2.45, 2.75) is 45.4 Å². The minimum absolute atomic E-state index is 0.0450. The van der Waals surface area contributed by atoms with Crippen LogP contribution in [0.25, 0.3) is 0 Å². The maximum atomic E-state index is 9.03. The van der Waals surface area contributed by atoms with Crippen LogP contribution in [0.3, 0.4) is 0 Å². The first-order chi connectivity index (χ1) is 8.19. The van der Waals surface area contributed by atoms with Gasteiger partial charge in [0.15, 0.2) is 0 Å². The number of hydrogen-bond acceptors (Lipinski definition) is 3. The second kappa shape index (κ2) is 5.52. The largest absolute Gasteiger partial charge is 0.488 e. The number of benzene rings is 1. The predicted molar refractivity (Wildman–Crippen MR) is 68.2 cm³/mol. The first-order valence-corrected chi connectivity index (χ1v) is 6.29. The first-order valence-electron chi connectivity index (χ1n) is 6.29. The molecule has 0 aromatic heterocycles. The Morgan fingerprint density at radius 1 is 1.47 bits per heavy atom. The van der Waals surface area contributed by atoms with E-state index in [1.807, 2.05) is 19.1 Å². The Balaban J connectivity index is 2.05. The molecule has 0 heterocycles. The molecule has 17 heavy (non-hydrogen) atoms. The third-order valence-electron chi connectivity index (χ3n) is 2.96. The van der Waals surface area contributed by atoms with Gasteiger partial charge in [0, 0.05) is 18.2 Å². The maximum Gasteiger partial charge on any atom is 0.124 e.